The molecule has 1 aliphatic rings. The quantitative estimate of drug-likeness (QED) is 0.313. The van der Waals surface area contributed by atoms with Crippen LogP contribution < -0.4 is 9.64 Å². The van der Waals surface area contributed by atoms with E-state index in [0.29, 0.717) is 21.5 Å². The molecule has 1 fully saturated rings. The fourth-order valence-corrected chi connectivity index (χ4v) is 5.29. The minimum Gasteiger partial charge on any atom is -0.486 e. The third-order valence-corrected chi connectivity index (χ3v) is 7.23. The molecule has 0 N–H and O–H groups in total. The van der Waals surface area contributed by atoms with E-state index in [0.717, 1.165) is 30.0 Å². The van der Waals surface area contributed by atoms with E-state index in [1.54, 1.807) is 4.68 Å². The van der Waals surface area contributed by atoms with Gasteiger partial charge < -0.3 is 9.64 Å². The van der Waals surface area contributed by atoms with Crippen LogP contribution in [0.3, 0.4) is 0 Å². The molecule has 36 heavy (non-hydrogen) atoms. The van der Waals surface area contributed by atoms with E-state index < -0.39 is 5.92 Å². The summed E-state index contributed by atoms with van der Waals surface area (Å²) >= 11 is 1.26. The highest BCUT2D eigenvalue weighted by Gasteiger charge is 2.37. The van der Waals surface area contributed by atoms with Gasteiger partial charge in [-0.25, -0.2) is 4.68 Å². The van der Waals surface area contributed by atoms with Gasteiger partial charge in [0.2, 0.25) is 0 Å². The number of carbonyl (C=O) groups excluding carboxylic acids is 2. The number of aromatic nitrogens is 5. The van der Waals surface area contributed by atoms with Crippen LogP contribution in [0.4, 0.5) is 5.69 Å². The lowest BCUT2D eigenvalue weighted by Crippen LogP contribution is -2.21. The Balaban J connectivity index is 1.43. The van der Waals surface area contributed by atoms with Crippen LogP contribution in [-0.4, -0.2) is 49.8 Å². The molecule has 184 valence electrons. The number of benzene rings is 2. The van der Waals surface area contributed by atoms with Gasteiger partial charge in [-0.3, -0.25) is 9.59 Å². The summed E-state index contributed by atoms with van der Waals surface area (Å²) in [6, 6.07) is 15.7. The normalized spacial score (nSPS) is 13.9. The van der Waals surface area contributed by atoms with E-state index in [1.807, 2.05) is 54.7 Å². The molecule has 5 rings (SSSR count). The summed E-state index contributed by atoms with van der Waals surface area (Å²) in [5, 5.41) is 18.0. The average molecular weight is 503 g/mol. The number of ketones is 2. The first-order valence-electron chi connectivity index (χ1n) is 11.9. The summed E-state index contributed by atoms with van der Waals surface area (Å²) in [6.45, 7) is 6.14. The topological polar surface area (TPSA) is 103 Å². The van der Waals surface area contributed by atoms with Crippen LogP contribution in [0.15, 0.2) is 54.7 Å². The molecule has 0 spiro atoms. The van der Waals surface area contributed by atoms with Crippen molar-refractivity contribution in [1.82, 2.24) is 25.2 Å². The van der Waals surface area contributed by atoms with Crippen molar-refractivity contribution in [3.63, 3.8) is 0 Å². The van der Waals surface area contributed by atoms with Crippen molar-refractivity contribution in [3.05, 3.63) is 65.4 Å². The minimum atomic E-state index is -0.788. The lowest BCUT2D eigenvalue weighted by Gasteiger charge is -2.22. The van der Waals surface area contributed by atoms with Crippen LogP contribution in [0.2, 0.25) is 0 Å². The second-order valence-corrected chi connectivity index (χ2v) is 9.45. The lowest BCUT2D eigenvalue weighted by atomic mass is 10.1. The summed E-state index contributed by atoms with van der Waals surface area (Å²) in [7, 11) is 0. The minimum absolute atomic E-state index is 0.0856. The number of hydrogen-bond acceptors (Lipinski definition) is 9. The highest BCUT2D eigenvalue weighted by atomic mass is 32.1. The summed E-state index contributed by atoms with van der Waals surface area (Å²) in [5.74, 6) is -0.334. The zero-order valence-corrected chi connectivity index (χ0v) is 20.9. The van der Waals surface area contributed by atoms with Crippen molar-refractivity contribution in [2.45, 2.75) is 39.2 Å². The van der Waals surface area contributed by atoms with Crippen LogP contribution in [0.5, 0.6) is 5.75 Å². The molecule has 10 heteroatoms. The number of hydrogen-bond donors (Lipinski definition) is 0. The second kappa shape index (κ2) is 10.4. The van der Waals surface area contributed by atoms with Gasteiger partial charge in [-0.05, 0) is 38.1 Å². The Labute approximate surface area is 212 Å². The van der Waals surface area contributed by atoms with Gasteiger partial charge in [0.15, 0.2) is 16.6 Å². The summed E-state index contributed by atoms with van der Waals surface area (Å²) in [4.78, 5) is 26.7. The third kappa shape index (κ3) is 4.76. The number of rotatable bonds is 9. The molecule has 2 heterocycles. The Morgan fingerprint density at radius 1 is 1.00 bits per heavy atom. The van der Waals surface area contributed by atoms with Crippen molar-refractivity contribution in [1.29, 1.82) is 0 Å². The second-order valence-electron chi connectivity index (χ2n) is 8.44. The molecule has 0 amide bonds. The maximum absolute atomic E-state index is 12.2. The molecule has 0 bridgehead atoms. The van der Waals surface area contributed by atoms with Gasteiger partial charge in [0.1, 0.15) is 29.0 Å². The first kappa shape index (κ1) is 23.8. The first-order valence-corrected chi connectivity index (χ1v) is 12.8. The molecule has 2 aromatic carbocycles. The van der Waals surface area contributed by atoms with Crippen LogP contribution in [-0.2, 0) is 16.2 Å². The van der Waals surface area contributed by atoms with E-state index in [9.17, 15) is 9.59 Å². The number of ether oxygens (including phenoxy) is 1. The van der Waals surface area contributed by atoms with Crippen molar-refractivity contribution >= 4 is 28.6 Å². The molecule has 4 aromatic rings. The van der Waals surface area contributed by atoms with Crippen molar-refractivity contribution in [3.8, 4) is 22.0 Å². The van der Waals surface area contributed by atoms with Gasteiger partial charge in [-0.1, -0.05) is 34.7 Å². The third-order valence-electron chi connectivity index (χ3n) is 6.21. The number of para-hydroxylation sites is 1. The Bertz CT molecular complexity index is 1360. The van der Waals surface area contributed by atoms with Crippen LogP contribution in [0, 0.1) is 0 Å². The fraction of sp³-hybridized carbons (Fsp3) is 0.308. The summed E-state index contributed by atoms with van der Waals surface area (Å²) < 4.78 is 7.95. The number of carbonyl (C=O) groups is 2. The highest BCUT2D eigenvalue weighted by Crippen LogP contribution is 2.38. The standard InChI is InChI=1S/C26H26N6O3S/c1-3-31(4-2)19-10-11-20(25-28-29-26(36-25)24-21(33)12-13-22(24)34)23(14-19)35-16-17-15-32(30-27-17)18-8-6-5-7-9-18/h5-11,14-15,24H,3-4,12-13,16H2,1-2H3. The summed E-state index contributed by atoms with van der Waals surface area (Å²) in [5.41, 5.74) is 3.37. The van der Waals surface area contributed by atoms with Gasteiger partial charge in [-0.15, -0.1) is 15.3 Å². The maximum atomic E-state index is 12.2. The summed E-state index contributed by atoms with van der Waals surface area (Å²) in [6.07, 6.45) is 2.38. The van der Waals surface area contributed by atoms with Gasteiger partial charge in [-0.2, -0.15) is 0 Å². The molecule has 0 aliphatic heterocycles. The average Bonchev–Trinajstić information content (AvgIpc) is 3.65. The van der Waals surface area contributed by atoms with Gasteiger partial charge in [0, 0.05) is 37.7 Å². The van der Waals surface area contributed by atoms with Gasteiger partial charge in [0.25, 0.3) is 0 Å². The van der Waals surface area contributed by atoms with Crippen molar-refractivity contribution in [2.75, 3.05) is 18.0 Å². The zero-order valence-electron chi connectivity index (χ0n) is 20.1. The van der Waals surface area contributed by atoms with Gasteiger partial charge in [0.05, 0.1) is 17.4 Å². The fourth-order valence-electron chi connectivity index (χ4n) is 4.27. The monoisotopic (exact) mass is 502 g/mol. The van der Waals surface area contributed by atoms with E-state index in [1.165, 1.54) is 11.3 Å². The largest absolute Gasteiger partial charge is 0.486 e. The zero-order chi connectivity index (χ0) is 25.1. The van der Waals surface area contributed by atoms with E-state index in [4.69, 9.17) is 4.74 Å². The van der Waals surface area contributed by atoms with Crippen LogP contribution in [0.25, 0.3) is 16.3 Å². The Morgan fingerprint density at radius 3 is 2.47 bits per heavy atom. The van der Waals surface area contributed by atoms with Crippen molar-refractivity contribution in [2.24, 2.45) is 0 Å². The number of Topliss-reactive ketones (excluding diaryl/α,β-unsaturated/α-hetero) is 2. The van der Waals surface area contributed by atoms with Crippen molar-refractivity contribution < 1.29 is 14.3 Å². The predicted molar refractivity (Wildman–Crippen MR) is 137 cm³/mol. The molecule has 0 atom stereocenters. The predicted octanol–water partition coefficient (Wildman–Crippen LogP) is 4.23. The molecule has 9 nitrogen and oxygen atoms in total. The molecule has 0 unspecified atom stereocenters. The molecular formula is C26H26N6O3S. The molecule has 0 saturated heterocycles. The molecule has 1 aliphatic carbocycles. The Morgan fingerprint density at radius 2 is 1.75 bits per heavy atom. The SMILES string of the molecule is CCN(CC)c1ccc(-c2nnc(C3C(=O)CCC3=O)s2)c(OCc2cn(-c3ccccc3)nn2)c1. The molecule has 1 saturated carbocycles. The molecule has 0 radical (unpaired) electrons. The number of anilines is 1. The van der Waals surface area contributed by atoms with Crippen LogP contribution >= 0.6 is 11.3 Å². The smallest absolute Gasteiger partial charge is 0.151 e. The van der Waals surface area contributed by atoms with E-state index >= 15 is 0 Å². The molecular weight excluding hydrogens is 476 g/mol. The Kier molecular flexibility index (Phi) is 6.86. The van der Waals surface area contributed by atoms with E-state index in [-0.39, 0.29) is 31.0 Å². The maximum Gasteiger partial charge on any atom is 0.151 e. The number of nitrogens with zero attached hydrogens (tertiary/aromatic N) is 6. The Hall–Kier alpha value is -3.92. The van der Waals surface area contributed by atoms with Crippen LogP contribution in [0.1, 0.15) is 43.3 Å². The van der Waals surface area contributed by atoms with Gasteiger partial charge >= 0.3 is 0 Å². The first-order chi connectivity index (χ1) is 17.6. The lowest BCUT2D eigenvalue weighted by molar-refractivity contribution is -0.123. The highest BCUT2D eigenvalue weighted by molar-refractivity contribution is 7.15. The van der Waals surface area contributed by atoms with E-state index in [2.05, 4.69) is 39.3 Å². The molecule has 2 aromatic heterocycles.